The van der Waals surface area contributed by atoms with E-state index >= 15 is 0 Å². The monoisotopic (exact) mass is 367 g/mol. The lowest BCUT2D eigenvalue weighted by atomic mass is 10.0. The van der Waals surface area contributed by atoms with Gasteiger partial charge < -0.3 is 0 Å². The molecule has 2 aromatic rings. The molecule has 2 rings (SSSR count). The number of nitrogens with one attached hydrogen (secondary N) is 1. The molecule has 0 saturated carbocycles. The van der Waals surface area contributed by atoms with E-state index in [4.69, 9.17) is 0 Å². The zero-order chi connectivity index (χ0) is 15.6. The van der Waals surface area contributed by atoms with Gasteiger partial charge in [0, 0.05) is 10.5 Å². The lowest BCUT2D eigenvalue weighted by Crippen LogP contribution is -2.27. The number of rotatable bonds is 4. The average molecular weight is 368 g/mol. The van der Waals surface area contributed by atoms with Gasteiger partial charge in [-0.1, -0.05) is 39.7 Å². The third kappa shape index (κ3) is 3.93. The van der Waals surface area contributed by atoms with E-state index in [0.717, 1.165) is 15.6 Å². The minimum absolute atomic E-state index is 0.266. The van der Waals surface area contributed by atoms with Gasteiger partial charge >= 0.3 is 0 Å². The zero-order valence-electron chi connectivity index (χ0n) is 12.2. The van der Waals surface area contributed by atoms with Crippen LogP contribution in [-0.4, -0.2) is 8.42 Å². The Hall–Kier alpha value is -1.17. The molecule has 5 heteroatoms. The van der Waals surface area contributed by atoms with E-state index in [1.165, 1.54) is 5.56 Å². The molecule has 0 bridgehead atoms. The molecule has 0 aromatic heterocycles. The van der Waals surface area contributed by atoms with Crippen molar-refractivity contribution in [2.75, 3.05) is 0 Å². The molecular weight excluding hydrogens is 350 g/mol. The first-order chi connectivity index (χ1) is 9.79. The maximum absolute atomic E-state index is 12.4. The summed E-state index contributed by atoms with van der Waals surface area (Å²) < 4.78 is 28.3. The Morgan fingerprint density at radius 1 is 1.05 bits per heavy atom. The van der Waals surface area contributed by atoms with Crippen molar-refractivity contribution in [3.63, 3.8) is 0 Å². The Labute approximate surface area is 134 Å². The van der Waals surface area contributed by atoms with Gasteiger partial charge in [0.25, 0.3) is 0 Å². The average Bonchev–Trinajstić information content (AvgIpc) is 2.38. The summed E-state index contributed by atoms with van der Waals surface area (Å²) in [5.74, 6) is 0. The molecule has 0 aliphatic heterocycles. The van der Waals surface area contributed by atoms with E-state index in [-0.39, 0.29) is 10.9 Å². The number of halogens is 1. The molecule has 3 nitrogen and oxygen atoms in total. The number of hydrogen-bond donors (Lipinski definition) is 1. The third-order valence-corrected chi connectivity index (χ3v) is 5.43. The van der Waals surface area contributed by atoms with Crippen LogP contribution < -0.4 is 4.72 Å². The van der Waals surface area contributed by atoms with Crippen molar-refractivity contribution < 1.29 is 8.42 Å². The van der Waals surface area contributed by atoms with Gasteiger partial charge in [0.1, 0.15) is 0 Å². The molecule has 2 aromatic carbocycles. The molecule has 0 aliphatic rings. The van der Waals surface area contributed by atoms with Crippen molar-refractivity contribution in [2.45, 2.75) is 31.7 Å². The van der Waals surface area contributed by atoms with Crippen LogP contribution in [0.15, 0.2) is 51.8 Å². The minimum atomic E-state index is -3.52. The van der Waals surface area contributed by atoms with E-state index in [0.29, 0.717) is 0 Å². The van der Waals surface area contributed by atoms with E-state index in [1.54, 1.807) is 24.3 Å². The van der Waals surface area contributed by atoms with Crippen LogP contribution in [0, 0.1) is 13.8 Å². The van der Waals surface area contributed by atoms with E-state index in [9.17, 15) is 8.42 Å². The highest BCUT2D eigenvalue weighted by Gasteiger charge is 2.19. The molecule has 0 saturated heterocycles. The fraction of sp³-hybridized carbons (Fsp3) is 0.250. The fourth-order valence-electron chi connectivity index (χ4n) is 2.29. The molecule has 0 aliphatic carbocycles. The zero-order valence-corrected chi connectivity index (χ0v) is 14.6. The van der Waals surface area contributed by atoms with Gasteiger partial charge in [-0.05, 0) is 56.2 Å². The summed E-state index contributed by atoms with van der Waals surface area (Å²) in [4.78, 5) is 0.266. The lowest BCUT2D eigenvalue weighted by Gasteiger charge is -2.17. The summed E-state index contributed by atoms with van der Waals surface area (Å²) >= 11 is 3.30. The van der Waals surface area contributed by atoms with E-state index < -0.39 is 10.0 Å². The molecule has 1 N–H and O–H groups in total. The van der Waals surface area contributed by atoms with Gasteiger partial charge in [0.2, 0.25) is 10.0 Å². The highest BCUT2D eigenvalue weighted by molar-refractivity contribution is 9.10. The van der Waals surface area contributed by atoms with Crippen LogP contribution in [0.2, 0.25) is 0 Å². The second-order valence-corrected chi connectivity index (χ2v) is 7.79. The van der Waals surface area contributed by atoms with Crippen molar-refractivity contribution in [2.24, 2.45) is 0 Å². The second-order valence-electron chi connectivity index (χ2n) is 5.16. The lowest BCUT2D eigenvalue weighted by molar-refractivity contribution is 0.566. The van der Waals surface area contributed by atoms with Crippen LogP contribution in [-0.2, 0) is 10.0 Å². The molecule has 1 atom stereocenters. The molecule has 21 heavy (non-hydrogen) atoms. The number of hydrogen-bond acceptors (Lipinski definition) is 2. The smallest absolute Gasteiger partial charge is 0.207 e. The van der Waals surface area contributed by atoms with Crippen molar-refractivity contribution in [1.82, 2.24) is 4.72 Å². The molecular formula is C16H18BrNO2S. The summed E-state index contributed by atoms with van der Waals surface area (Å²) in [6.45, 7) is 5.87. The molecule has 0 amide bonds. The van der Waals surface area contributed by atoms with Crippen molar-refractivity contribution in [1.29, 1.82) is 0 Å². The standard InChI is InChI=1S/C16H18BrNO2S/c1-11-4-9-16(12(2)10-11)13(3)18-21(19,20)15-7-5-14(17)6-8-15/h4-10,13,18H,1-3H3/t13-/m0/s1. The van der Waals surface area contributed by atoms with Gasteiger partial charge in [0.15, 0.2) is 0 Å². The fourth-order valence-corrected chi connectivity index (χ4v) is 3.78. The quantitative estimate of drug-likeness (QED) is 0.883. The van der Waals surface area contributed by atoms with Gasteiger partial charge in [-0.2, -0.15) is 0 Å². The largest absolute Gasteiger partial charge is 0.241 e. The first-order valence-corrected chi connectivity index (χ1v) is 8.92. The van der Waals surface area contributed by atoms with Crippen LogP contribution in [0.25, 0.3) is 0 Å². The molecule has 0 radical (unpaired) electrons. The summed E-state index contributed by atoms with van der Waals surface area (Å²) in [5.41, 5.74) is 3.24. The summed E-state index contributed by atoms with van der Waals surface area (Å²) in [5, 5.41) is 0. The molecule has 0 fully saturated rings. The minimum Gasteiger partial charge on any atom is -0.207 e. The van der Waals surface area contributed by atoms with E-state index in [2.05, 4.69) is 26.7 Å². The van der Waals surface area contributed by atoms with Gasteiger partial charge in [-0.3, -0.25) is 0 Å². The topological polar surface area (TPSA) is 46.2 Å². The van der Waals surface area contributed by atoms with Crippen molar-refractivity contribution in [3.05, 3.63) is 63.6 Å². The summed E-state index contributed by atoms with van der Waals surface area (Å²) in [6, 6.07) is 12.3. The maximum Gasteiger partial charge on any atom is 0.241 e. The van der Waals surface area contributed by atoms with Crippen LogP contribution in [0.1, 0.15) is 29.7 Å². The van der Waals surface area contributed by atoms with Crippen LogP contribution in [0.3, 0.4) is 0 Å². The Morgan fingerprint density at radius 2 is 1.67 bits per heavy atom. The first-order valence-electron chi connectivity index (χ1n) is 6.64. The highest BCUT2D eigenvalue weighted by atomic mass is 79.9. The van der Waals surface area contributed by atoms with Gasteiger partial charge in [0.05, 0.1) is 4.90 Å². The first kappa shape index (κ1) is 16.2. The second kappa shape index (κ2) is 6.30. The predicted molar refractivity (Wildman–Crippen MR) is 88.8 cm³/mol. The third-order valence-electron chi connectivity index (χ3n) is 3.35. The molecule has 0 spiro atoms. The van der Waals surface area contributed by atoms with Gasteiger partial charge in [-0.25, -0.2) is 13.1 Å². The molecule has 112 valence electrons. The van der Waals surface area contributed by atoms with Crippen LogP contribution in [0.4, 0.5) is 0 Å². The van der Waals surface area contributed by atoms with Crippen LogP contribution >= 0.6 is 15.9 Å². The molecule has 0 unspecified atom stereocenters. The van der Waals surface area contributed by atoms with Crippen molar-refractivity contribution in [3.8, 4) is 0 Å². The number of aryl methyl sites for hydroxylation is 2. The Balaban J connectivity index is 2.25. The molecule has 0 heterocycles. The Morgan fingerprint density at radius 3 is 2.24 bits per heavy atom. The summed E-state index contributed by atoms with van der Waals surface area (Å²) in [7, 11) is -3.52. The van der Waals surface area contributed by atoms with Crippen molar-refractivity contribution >= 4 is 26.0 Å². The van der Waals surface area contributed by atoms with Gasteiger partial charge in [-0.15, -0.1) is 0 Å². The highest BCUT2D eigenvalue weighted by Crippen LogP contribution is 2.22. The SMILES string of the molecule is Cc1ccc([C@H](C)NS(=O)(=O)c2ccc(Br)cc2)c(C)c1. The normalized spacial score (nSPS) is 13.1. The summed E-state index contributed by atoms with van der Waals surface area (Å²) in [6.07, 6.45) is 0. The Bertz CT molecular complexity index is 739. The van der Waals surface area contributed by atoms with Crippen LogP contribution in [0.5, 0.6) is 0 Å². The maximum atomic E-state index is 12.4. The number of benzene rings is 2. The number of sulfonamides is 1. The Kier molecular flexibility index (Phi) is 4.86. The predicted octanol–water partition coefficient (Wildman–Crippen LogP) is 4.11. The van der Waals surface area contributed by atoms with E-state index in [1.807, 2.05) is 32.9 Å².